The molecule has 78 valence electrons. The lowest BCUT2D eigenvalue weighted by atomic mass is 9.85. The van der Waals surface area contributed by atoms with E-state index >= 15 is 0 Å². The highest BCUT2D eigenvalue weighted by atomic mass is 79.9. The minimum atomic E-state index is 0.613. The second kappa shape index (κ2) is 3.49. The van der Waals surface area contributed by atoms with Gasteiger partial charge in [-0.2, -0.15) is 0 Å². The minimum Gasteiger partial charge on any atom is -0.301 e. The highest BCUT2D eigenvalue weighted by Crippen LogP contribution is 2.37. The van der Waals surface area contributed by atoms with Crippen molar-refractivity contribution in [1.29, 1.82) is 0 Å². The van der Waals surface area contributed by atoms with Crippen LogP contribution in [0.5, 0.6) is 0 Å². The molecule has 0 amide bonds. The molecule has 0 bridgehead atoms. The van der Waals surface area contributed by atoms with Gasteiger partial charge >= 0.3 is 0 Å². The molecule has 2 aromatic heterocycles. The van der Waals surface area contributed by atoms with Crippen molar-refractivity contribution in [3.8, 4) is 0 Å². The molecular weight excluding hydrogens is 275 g/mol. The number of pyridine rings is 1. The van der Waals surface area contributed by atoms with E-state index in [1.165, 1.54) is 19.3 Å². The lowest BCUT2D eigenvalue weighted by Crippen LogP contribution is -2.12. The van der Waals surface area contributed by atoms with Crippen molar-refractivity contribution in [3.63, 3.8) is 0 Å². The van der Waals surface area contributed by atoms with Gasteiger partial charge in [-0.05, 0) is 40.9 Å². The van der Waals surface area contributed by atoms with E-state index in [2.05, 4.69) is 25.3 Å². The highest BCUT2D eigenvalue weighted by molar-refractivity contribution is 9.10. The van der Waals surface area contributed by atoms with Crippen LogP contribution < -0.4 is 0 Å². The lowest BCUT2D eigenvalue weighted by molar-refractivity contribution is 0.400. The van der Waals surface area contributed by atoms with E-state index in [4.69, 9.17) is 11.6 Å². The first-order valence-electron chi connectivity index (χ1n) is 5.09. The summed E-state index contributed by atoms with van der Waals surface area (Å²) in [6, 6.07) is 3.90. The molecule has 2 heterocycles. The maximum absolute atomic E-state index is 6.00. The molecule has 15 heavy (non-hydrogen) atoms. The first-order valence-corrected chi connectivity index (χ1v) is 6.26. The first-order chi connectivity index (χ1) is 7.25. The molecule has 1 saturated carbocycles. The molecule has 1 aliphatic carbocycles. The molecule has 2 nitrogen and oxygen atoms in total. The van der Waals surface area contributed by atoms with Crippen LogP contribution in [0.3, 0.4) is 0 Å². The molecule has 0 aliphatic heterocycles. The van der Waals surface area contributed by atoms with Crippen LogP contribution in [0.2, 0.25) is 5.02 Å². The summed E-state index contributed by atoms with van der Waals surface area (Å²) in [4.78, 5) is 4.57. The van der Waals surface area contributed by atoms with Crippen LogP contribution in [-0.2, 0) is 0 Å². The average Bonchev–Trinajstić information content (AvgIpc) is 2.41. The van der Waals surface area contributed by atoms with Crippen molar-refractivity contribution in [3.05, 3.63) is 33.8 Å². The maximum Gasteiger partial charge on any atom is 0.132 e. The fourth-order valence-corrected chi connectivity index (χ4v) is 2.66. The van der Waals surface area contributed by atoms with Crippen LogP contribution in [0.1, 0.15) is 31.0 Å². The van der Waals surface area contributed by atoms with Gasteiger partial charge in [0.15, 0.2) is 0 Å². The molecule has 0 radical (unpaired) electrons. The summed E-state index contributed by atoms with van der Waals surface area (Å²) in [7, 11) is 0. The van der Waals surface area contributed by atoms with E-state index in [0.717, 1.165) is 21.0 Å². The van der Waals surface area contributed by atoms with Gasteiger partial charge in [0.05, 0.1) is 10.5 Å². The second-order valence-corrected chi connectivity index (χ2v) is 5.18. The fraction of sp³-hybridized carbons (Fsp3) is 0.364. The zero-order chi connectivity index (χ0) is 10.4. The molecule has 4 heteroatoms. The number of nitrogens with zero attached hydrogens (tertiary/aromatic N) is 2. The predicted molar refractivity (Wildman–Crippen MR) is 64.5 cm³/mol. The monoisotopic (exact) mass is 284 g/mol. The molecule has 0 N–H and O–H groups in total. The number of hydrogen-bond donors (Lipinski definition) is 0. The normalized spacial score (nSPS) is 16.9. The fourth-order valence-electron chi connectivity index (χ4n) is 2.00. The van der Waals surface area contributed by atoms with E-state index in [9.17, 15) is 0 Å². The van der Waals surface area contributed by atoms with Crippen molar-refractivity contribution < 1.29 is 0 Å². The van der Waals surface area contributed by atoms with Gasteiger partial charge in [-0.15, -0.1) is 0 Å². The van der Waals surface area contributed by atoms with E-state index < -0.39 is 0 Å². The Labute approximate surface area is 101 Å². The minimum absolute atomic E-state index is 0.613. The van der Waals surface area contributed by atoms with Crippen molar-refractivity contribution in [2.45, 2.75) is 25.2 Å². The van der Waals surface area contributed by atoms with Crippen molar-refractivity contribution in [2.24, 2.45) is 0 Å². The van der Waals surface area contributed by atoms with Crippen LogP contribution in [0.25, 0.3) is 5.52 Å². The van der Waals surface area contributed by atoms with Crippen molar-refractivity contribution in [1.82, 2.24) is 9.38 Å². The second-order valence-electron chi connectivity index (χ2n) is 3.99. The van der Waals surface area contributed by atoms with Gasteiger partial charge in [-0.25, -0.2) is 4.98 Å². The summed E-state index contributed by atoms with van der Waals surface area (Å²) in [5, 5.41) is 0.757. The summed E-state index contributed by atoms with van der Waals surface area (Å²) >= 11 is 9.49. The average molecular weight is 286 g/mol. The summed E-state index contributed by atoms with van der Waals surface area (Å²) < 4.78 is 3.03. The highest BCUT2D eigenvalue weighted by Gasteiger charge is 2.24. The number of hydrogen-bond acceptors (Lipinski definition) is 1. The van der Waals surface area contributed by atoms with Gasteiger partial charge in [0, 0.05) is 12.1 Å². The molecular formula is C11H10BrClN2. The van der Waals surface area contributed by atoms with Crippen molar-refractivity contribution >= 4 is 33.0 Å². The topological polar surface area (TPSA) is 17.3 Å². The Kier molecular flexibility index (Phi) is 2.25. The van der Waals surface area contributed by atoms with Crippen LogP contribution in [-0.4, -0.2) is 9.38 Å². The van der Waals surface area contributed by atoms with E-state index in [1.54, 1.807) is 0 Å². The zero-order valence-electron chi connectivity index (χ0n) is 8.08. The van der Waals surface area contributed by atoms with Gasteiger partial charge in [-0.3, -0.25) is 0 Å². The third-order valence-corrected chi connectivity index (χ3v) is 3.86. The molecule has 1 aliphatic rings. The van der Waals surface area contributed by atoms with Crippen molar-refractivity contribution in [2.75, 3.05) is 0 Å². The molecule has 2 aromatic rings. The SMILES string of the molecule is Clc1ccc2c(Br)nc(C3CCC3)n2c1. The smallest absolute Gasteiger partial charge is 0.132 e. The van der Waals surface area contributed by atoms with E-state index in [-0.39, 0.29) is 0 Å². The summed E-state index contributed by atoms with van der Waals surface area (Å²) in [5.74, 6) is 1.76. The van der Waals surface area contributed by atoms with Gasteiger partial charge in [0.1, 0.15) is 10.4 Å². The van der Waals surface area contributed by atoms with Crippen LogP contribution >= 0.6 is 27.5 Å². The summed E-state index contributed by atoms with van der Waals surface area (Å²) in [5.41, 5.74) is 1.10. The third kappa shape index (κ3) is 1.49. The van der Waals surface area contributed by atoms with Gasteiger partial charge < -0.3 is 4.40 Å². The van der Waals surface area contributed by atoms with E-state index in [0.29, 0.717) is 5.92 Å². The van der Waals surface area contributed by atoms with Crippen LogP contribution in [0.15, 0.2) is 22.9 Å². The third-order valence-electron chi connectivity index (χ3n) is 3.05. The lowest BCUT2D eigenvalue weighted by Gasteiger charge is -2.23. The Morgan fingerprint density at radius 2 is 2.20 bits per heavy atom. The van der Waals surface area contributed by atoms with Gasteiger partial charge in [0.25, 0.3) is 0 Å². The Bertz CT molecular complexity index is 517. The largest absolute Gasteiger partial charge is 0.301 e. The number of halogens is 2. The Balaban J connectivity index is 2.24. The Hall–Kier alpha value is -0.540. The number of aromatic nitrogens is 2. The predicted octanol–water partition coefficient (Wildman–Crippen LogP) is 4.02. The van der Waals surface area contributed by atoms with Gasteiger partial charge in [-0.1, -0.05) is 18.0 Å². The number of fused-ring (bicyclic) bond motifs is 1. The van der Waals surface area contributed by atoms with Crippen LogP contribution in [0.4, 0.5) is 0 Å². The molecule has 0 unspecified atom stereocenters. The maximum atomic E-state index is 6.00. The summed E-state index contributed by atoms with van der Waals surface area (Å²) in [6.07, 6.45) is 5.76. The molecule has 0 atom stereocenters. The quantitative estimate of drug-likeness (QED) is 0.773. The van der Waals surface area contributed by atoms with Gasteiger partial charge in [0.2, 0.25) is 0 Å². The molecule has 0 aromatic carbocycles. The molecule has 1 fully saturated rings. The number of imidazole rings is 1. The zero-order valence-corrected chi connectivity index (χ0v) is 10.4. The van der Waals surface area contributed by atoms with E-state index in [1.807, 2.05) is 18.3 Å². The molecule has 3 rings (SSSR count). The first kappa shape index (κ1) is 9.67. The Morgan fingerprint density at radius 3 is 2.87 bits per heavy atom. The number of rotatable bonds is 1. The summed E-state index contributed by atoms with van der Waals surface area (Å²) in [6.45, 7) is 0. The Morgan fingerprint density at radius 1 is 1.40 bits per heavy atom. The molecule has 0 saturated heterocycles. The van der Waals surface area contributed by atoms with Crippen LogP contribution in [0, 0.1) is 0 Å². The standard InChI is InChI=1S/C11H10BrClN2/c12-10-9-5-4-8(13)6-15(9)11(14-10)7-2-1-3-7/h4-7H,1-3H2. The molecule has 0 spiro atoms.